The fourth-order valence-electron chi connectivity index (χ4n) is 3.28. The summed E-state index contributed by atoms with van der Waals surface area (Å²) in [5, 5.41) is 3.46. The Labute approximate surface area is 185 Å². The van der Waals surface area contributed by atoms with Gasteiger partial charge in [0.1, 0.15) is 0 Å². The Hall–Kier alpha value is -3.26. The maximum Gasteiger partial charge on any atom is 0.226 e. The van der Waals surface area contributed by atoms with Crippen LogP contribution in [-0.4, -0.2) is 39.3 Å². The van der Waals surface area contributed by atoms with Gasteiger partial charge in [-0.25, -0.2) is 4.98 Å². The van der Waals surface area contributed by atoms with Crippen LogP contribution in [0.5, 0.6) is 23.0 Å². The summed E-state index contributed by atoms with van der Waals surface area (Å²) in [4.78, 5) is 18.1. The molecule has 0 fully saturated rings. The normalized spacial score (nSPS) is 10.5. The molecule has 0 saturated heterocycles. The Kier molecular flexibility index (Phi) is 7.36. The molecule has 1 aromatic heterocycles. The van der Waals surface area contributed by atoms with E-state index in [4.69, 9.17) is 18.9 Å². The highest BCUT2D eigenvalue weighted by atomic mass is 32.1. The van der Waals surface area contributed by atoms with Gasteiger partial charge in [-0.1, -0.05) is 12.1 Å². The van der Waals surface area contributed by atoms with Gasteiger partial charge in [-0.05, 0) is 43.2 Å². The van der Waals surface area contributed by atoms with Crippen molar-refractivity contribution in [2.75, 3.05) is 33.8 Å². The van der Waals surface area contributed by atoms with E-state index in [0.29, 0.717) is 41.0 Å². The van der Waals surface area contributed by atoms with Crippen molar-refractivity contribution in [1.82, 2.24) is 4.98 Å². The van der Waals surface area contributed by atoms with Crippen molar-refractivity contribution in [3.8, 4) is 34.3 Å². The number of nitrogens with zero attached hydrogens (tertiary/aromatic N) is 1. The number of carbonyl (C=O) groups is 1. The molecule has 0 saturated carbocycles. The summed E-state index contributed by atoms with van der Waals surface area (Å²) >= 11 is 1.44. The minimum Gasteiger partial charge on any atom is -0.493 e. The molecule has 0 aliphatic heterocycles. The number of thiazole rings is 1. The lowest BCUT2D eigenvalue weighted by Gasteiger charge is -2.12. The summed E-state index contributed by atoms with van der Waals surface area (Å²) in [6.45, 7) is 1.97. The molecule has 3 aromatic rings. The number of hydrogen-bond acceptors (Lipinski definition) is 7. The molecule has 1 heterocycles. The lowest BCUT2D eigenvalue weighted by Crippen LogP contribution is -2.12. The van der Waals surface area contributed by atoms with E-state index in [-0.39, 0.29) is 5.91 Å². The number of aryl methyl sites for hydroxylation is 2. The number of rotatable bonds is 9. The first-order valence-electron chi connectivity index (χ1n) is 9.70. The minimum atomic E-state index is -0.113. The van der Waals surface area contributed by atoms with Crippen LogP contribution < -0.4 is 24.3 Å². The number of amides is 1. The van der Waals surface area contributed by atoms with Gasteiger partial charge in [-0.2, -0.15) is 0 Å². The van der Waals surface area contributed by atoms with E-state index in [1.807, 2.05) is 43.3 Å². The molecule has 2 aromatic carbocycles. The average Bonchev–Trinajstić information content (AvgIpc) is 3.16. The van der Waals surface area contributed by atoms with E-state index < -0.39 is 0 Å². The van der Waals surface area contributed by atoms with E-state index in [1.165, 1.54) is 11.3 Å². The summed E-state index contributed by atoms with van der Waals surface area (Å²) in [6, 6.07) is 11.3. The van der Waals surface area contributed by atoms with Gasteiger partial charge in [0.05, 0.1) is 34.1 Å². The first-order valence-corrected chi connectivity index (χ1v) is 10.5. The molecule has 7 nitrogen and oxygen atoms in total. The molecular weight excluding hydrogens is 416 g/mol. The maximum absolute atomic E-state index is 12.5. The molecule has 0 unspecified atom stereocenters. The molecule has 0 bridgehead atoms. The molecule has 1 N–H and O–H groups in total. The molecule has 8 heteroatoms. The van der Waals surface area contributed by atoms with Gasteiger partial charge in [0, 0.05) is 16.9 Å². The second-order valence-electron chi connectivity index (χ2n) is 6.69. The minimum absolute atomic E-state index is 0.113. The van der Waals surface area contributed by atoms with Gasteiger partial charge >= 0.3 is 0 Å². The predicted molar refractivity (Wildman–Crippen MR) is 122 cm³/mol. The van der Waals surface area contributed by atoms with Crippen LogP contribution in [0.3, 0.4) is 0 Å². The smallest absolute Gasteiger partial charge is 0.226 e. The van der Waals surface area contributed by atoms with Crippen molar-refractivity contribution in [3.63, 3.8) is 0 Å². The van der Waals surface area contributed by atoms with E-state index in [9.17, 15) is 4.79 Å². The van der Waals surface area contributed by atoms with Crippen molar-refractivity contribution in [2.45, 2.75) is 19.8 Å². The maximum atomic E-state index is 12.5. The number of carbonyl (C=O) groups excluding carboxylic acids is 1. The van der Waals surface area contributed by atoms with E-state index >= 15 is 0 Å². The second kappa shape index (κ2) is 10.2. The quantitative estimate of drug-likeness (QED) is 0.516. The van der Waals surface area contributed by atoms with Gasteiger partial charge in [-0.3, -0.25) is 4.79 Å². The standard InChI is InChI=1S/C23H26N2O5S/c1-14-21(16-9-11-17(27-2)19(13-16)29-4)25-23(31-14)24-20(26)12-10-15-7-6-8-18(28-3)22(15)30-5/h6-9,11,13H,10,12H2,1-5H3,(H,24,25,26). The van der Waals surface area contributed by atoms with Crippen LogP contribution >= 0.6 is 11.3 Å². The van der Waals surface area contributed by atoms with Gasteiger partial charge in [0.25, 0.3) is 0 Å². The van der Waals surface area contributed by atoms with E-state index in [0.717, 1.165) is 21.7 Å². The van der Waals surface area contributed by atoms with E-state index in [2.05, 4.69) is 10.3 Å². The van der Waals surface area contributed by atoms with Crippen LogP contribution in [0.2, 0.25) is 0 Å². The van der Waals surface area contributed by atoms with Crippen molar-refractivity contribution in [3.05, 3.63) is 46.8 Å². The topological polar surface area (TPSA) is 78.9 Å². The van der Waals surface area contributed by atoms with Crippen molar-refractivity contribution in [2.24, 2.45) is 0 Å². The Bertz CT molecular complexity index is 1060. The largest absolute Gasteiger partial charge is 0.493 e. The molecule has 31 heavy (non-hydrogen) atoms. The number of ether oxygens (including phenoxy) is 4. The SMILES string of the molecule is COc1ccc(-c2nc(NC(=O)CCc3cccc(OC)c3OC)sc2C)cc1OC. The molecule has 0 radical (unpaired) electrons. The average molecular weight is 443 g/mol. The first kappa shape index (κ1) is 22.4. The van der Waals surface area contributed by atoms with Crippen LogP contribution in [0.15, 0.2) is 36.4 Å². The fraction of sp³-hybridized carbons (Fsp3) is 0.304. The van der Waals surface area contributed by atoms with Crippen LogP contribution in [0.1, 0.15) is 16.9 Å². The Balaban J connectivity index is 1.70. The summed E-state index contributed by atoms with van der Waals surface area (Å²) in [7, 11) is 6.38. The number of aromatic nitrogens is 1. The summed E-state index contributed by atoms with van der Waals surface area (Å²) < 4.78 is 21.4. The predicted octanol–water partition coefficient (Wildman–Crippen LogP) is 4.72. The Morgan fingerprint density at radius 3 is 2.39 bits per heavy atom. The van der Waals surface area contributed by atoms with E-state index in [1.54, 1.807) is 28.4 Å². The second-order valence-corrected chi connectivity index (χ2v) is 7.90. The molecule has 3 rings (SSSR count). The van der Waals surface area contributed by atoms with Gasteiger partial charge in [0.2, 0.25) is 5.91 Å². The number of benzene rings is 2. The first-order chi connectivity index (χ1) is 15.0. The van der Waals surface area contributed by atoms with Gasteiger partial charge in [-0.15, -0.1) is 11.3 Å². The lowest BCUT2D eigenvalue weighted by molar-refractivity contribution is -0.116. The summed E-state index contributed by atoms with van der Waals surface area (Å²) in [5.74, 6) is 2.47. The van der Waals surface area contributed by atoms with Crippen LogP contribution in [0.25, 0.3) is 11.3 Å². The molecule has 0 aliphatic carbocycles. The third kappa shape index (κ3) is 5.08. The number of anilines is 1. The van der Waals surface area contributed by atoms with Crippen molar-refractivity contribution in [1.29, 1.82) is 0 Å². The van der Waals surface area contributed by atoms with Gasteiger partial charge < -0.3 is 24.3 Å². The summed E-state index contributed by atoms with van der Waals surface area (Å²) in [6.07, 6.45) is 0.826. The van der Waals surface area contributed by atoms with Crippen molar-refractivity contribution < 1.29 is 23.7 Å². The monoisotopic (exact) mass is 442 g/mol. The van der Waals surface area contributed by atoms with Gasteiger partial charge in [0.15, 0.2) is 28.1 Å². The zero-order chi connectivity index (χ0) is 22.4. The molecular formula is C23H26N2O5S. The number of para-hydroxylation sites is 1. The number of hydrogen-bond donors (Lipinski definition) is 1. The molecule has 0 spiro atoms. The fourth-order valence-corrected chi connectivity index (χ4v) is 4.13. The highest BCUT2D eigenvalue weighted by Crippen LogP contribution is 2.36. The lowest BCUT2D eigenvalue weighted by atomic mass is 10.1. The highest BCUT2D eigenvalue weighted by molar-refractivity contribution is 7.16. The van der Waals surface area contributed by atoms with Crippen LogP contribution in [-0.2, 0) is 11.2 Å². The van der Waals surface area contributed by atoms with Crippen LogP contribution in [0.4, 0.5) is 5.13 Å². The third-order valence-corrected chi connectivity index (χ3v) is 5.69. The molecule has 1 amide bonds. The zero-order valence-electron chi connectivity index (χ0n) is 18.3. The third-order valence-electron chi connectivity index (χ3n) is 4.81. The highest BCUT2D eigenvalue weighted by Gasteiger charge is 2.16. The summed E-state index contributed by atoms with van der Waals surface area (Å²) in [5.41, 5.74) is 2.61. The number of nitrogens with one attached hydrogen (secondary N) is 1. The zero-order valence-corrected chi connectivity index (χ0v) is 19.1. The number of methoxy groups -OCH3 is 4. The van der Waals surface area contributed by atoms with Crippen molar-refractivity contribution >= 4 is 22.4 Å². The molecule has 0 aliphatic rings. The molecule has 0 atom stereocenters. The molecule has 164 valence electrons. The van der Waals surface area contributed by atoms with Crippen LogP contribution in [0, 0.1) is 6.92 Å². The Morgan fingerprint density at radius 1 is 0.968 bits per heavy atom. The Morgan fingerprint density at radius 2 is 1.71 bits per heavy atom.